The molecule has 0 spiro atoms. The van der Waals surface area contributed by atoms with Crippen molar-refractivity contribution in [2.75, 3.05) is 26.9 Å². The number of methoxy groups -OCH3 is 1. The van der Waals surface area contributed by atoms with Gasteiger partial charge in [-0.3, -0.25) is 4.79 Å². The topological polar surface area (TPSA) is 59.0 Å². The summed E-state index contributed by atoms with van der Waals surface area (Å²) in [7, 11) is 1.57. The highest BCUT2D eigenvalue weighted by molar-refractivity contribution is 9.10. The Labute approximate surface area is 139 Å². The van der Waals surface area contributed by atoms with Crippen molar-refractivity contribution in [2.24, 2.45) is 0 Å². The van der Waals surface area contributed by atoms with Crippen LogP contribution in [0, 0.1) is 0 Å². The molecule has 1 atom stereocenters. The highest BCUT2D eigenvalue weighted by Crippen LogP contribution is 2.38. The van der Waals surface area contributed by atoms with E-state index in [1.165, 1.54) is 0 Å². The van der Waals surface area contributed by atoms with Gasteiger partial charge in [0.05, 0.1) is 36.4 Å². The zero-order valence-corrected chi connectivity index (χ0v) is 14.6. The van der Waals surface area contributed by atoms with Gasteiger partial charge in [-0.05, 0) is 54.2 Å². The predicted octanol–water partition coefficient (Wildman–Crippen LogP) is 2.84. The van der Waals surface area contributed by atoms with Gasteiger partial charge in [0.25, 0.3) is 5.91 Å². The second-order valence-electron chi connectivity index (χ2n) is 5.22. The first-order valence-electron chi connectivity index (χ1n) is 7.55. The van der Waals surface area contributed by atoms with Gasteiger partial charge < -0.3 is 19.5 Å². The molecule has 1 amide bonds. The number of halogens is 1. The van der Waals surface area contributed by atoms with Gasteiger partial charge in [-0.1, -0.05) is 0 Å². The lowest BCUT2D eigenvalue weighted by atomic mass is 10.0. The van der Waals surface area contributed by atoms with Gasteiger partial charge >= 0.3 is 0 Å². The number of ether oxygens (including phenoxy) is 2. The molecule has 122 valence electrons. The molecule has 0 unspecified atom stereocenters. The zero-order valence-electron chi connectivity index (χ0n) is 13.0. The van der Waals surface area contributed by atoms with Crippen molar-refractivity contribution in [3.63, 3.8) is 0 Å². The van der Waals surface area contributed by atoms with Crippen LogP contribution in [0.1, 0.15) is 36.5 Å². The number of likely N-dealkylation sites (tertiary alicyclic amines) is 1. The molecule has 0 bridgehead atoms. The number of nitrogens with zero attached hydrogens (tertiary/aromatic N) is 1. The molecule has 1 fully saturated rings. The summed E-state index contributed by atoms with van der Waals surface area (Å²) in [5.74, 6) is 1.03. The minimum absolute atomic E-state index is 0.00215. The average molecular weight is 372 g/mol. The highest BCUT2D eigenvalue weighted by atomic mass is 79.9. The van der Waals surface area contributed by atoms with E-state index in [2.05, 4.69) is 15.9 Å². The van der Waals surface area contributed by atoms with Crippen molar-refractivity contribution in [1.82, 2.24) is 4.90 Å². The lowest BCUT2D eigenvalue weighted by Crippen LogP contribution is -2.45. The molecular weight excluding hydrogens is 350 g/mol. The summed E-state index contributed by atoms with van der Waals surface area (Å²) < 4.78 is 11.5. The molecule has 0 radical (unpaired) electrons. The van der Waals surface area contributed by atoms with Crippen molar-refractivity contribution < 1.29 is 19.4 Å². The average Bonchev–Trinajstić information content (AvgIpc) is 2.56. The Hall–Kier alpha value is -1.27. The fourth-order valence-corrected chi connectivity index (χ4v) is 3.37. The summed E-state index contributed by atoms with van der Waals surface area (Å²) in [6, 6.07) is 3.36. The summed E-state index contributed by atoms with van der Waals surface area (Å²) in [6.45, 7) is 3.03. The fourth-order valence-electron chi connectivity index (χ4n) is 2.76. The smallest absolute Gasteiger partial charge is 0.255 e. The minimum Gasteiger partial charge on any atom is -0.493 e. The largest absolute Gasteiger partial charge is 0.493 e. The summed E-state index contributed by atoms with van der Waals surface area (Å²) in [5, 5.41) is 9.50. The Morgan fingerprint density at radius 2 is 2.23 bits per heavy atom. The van der Waals surface area contributed by atoms with E-state index in [9.17, 15) is 9.90 Å². The number of piperidine rings is 1. The Balaban J connectivity index is 2.34. The molecule has 1 aromatic rings. The Morgan fingerprint density at radius 3 is 2.86 bits per heavy atom. The van der Waals surface area contributed by atoms with Crippen LogP contribution >= 0.6 is 15.9 Å². The van der Waals surface area contributed by atoms with Crippen molar-refractivity contribution in [2.45, 2.75) is 32.2 Å². The van der Waals surface area contributed by atoms with Gasteiger partial charge in [0.1, 0.15) is 0 Å². The van der Waals surface area contributed by atoms with E-state index in [1.54, 1.807) is 24.1 Å². The molecule has 1 N–H and O–H groups in total. The molecule has 0 saturated carbocycles. The Morgan fingerprint density at radius 1 is 1.45 bits per heavy atom. The summed E-state index contributed by atoms with van der Waals surface area (Å²) in [4.78, 5) is 14.6. The van der Waals surface area contributed by atoms with E-state index < -0.39 is 0 Å². The minimum atomic E-state index is -0.106. The lowest BCUT2D eigenvalue weighted by Gasteiger charge is -2.35. The van der Waals surface area contributed by atoms with Gasteiger partial charge in [0.2, 0.25) is 0 Å². The number of aliphatic hydroxyl groups excluding tert-OH is 1. The molecular formula is C16H22BrNO4. The molecule has 2 rings (SSSR count). The first-order valence-corrected chi connectivity index (χ1v) is 8.34. The third kappa shape index (κ3) is 3.38. The van der Waals surface area contributed by atoms with Crippen LogP contribution in [0.4, 0.5) is 0 Å². The zero-order chi connectivity index (χ0) is 16.1. The van der Waals surface area contributed by atoms with E-state index in [-0.39, 0.29) is 18.6 Å². The van der Waals surface area contributed by atoms with Gasteiger partial charge in [0.15, 0.2) is 11.5 Å². The lowest BCUT2D eigenvalue weighted by molar-refractivity contribution is 0.0501. The molecule has 0 aliphatic carbocycles. The van der Waals surface area contributed by atoms with Crippen LogP contribution < -0.4 is 9.47 Å². The standard InChI is InChI=1S/C16H22BrNO4/c1-3-22-15-13(21-2)8-7-12(14(15)17)16(20)18-9-5-4-6-11(18)10-19/h7-8,11,19H,3-6,9-10H2,1-2H3/t11-/m0/s1. The van der Waals surface area contributed by atoms with Gasteiger partial charge in [-0.15, -0.1) is 0 Å². The Kier molecular flexibility index (Phi) is 6.08. The summed E-state index contributed by atoms with van der Waals surface area (Å²) >= 11 is 3.47. The molecule has 1 aliphatic heterocycles. The van der Waals surface area contributed by atoms with E-state index in [1.807, 2.05) is 6.92 Å². The van der Waals surface area contributed by atoms with Crippen LogP contribution in [-0.2, 0) is 0 Å². The summed E-state index contributed by atoms with van der Waals surface area (Å²) in [6.07, 6.45) is 2.85. The monoisotopic (exact) mass is 371 g/mol. The predicted molar refractivity (Wildman–Crippen MR) is 87.6 cm³/mol. The summed E-state index contributed by atoms with van der Waals surface area (Å²) in [5.41, 5.74) is 0.532. The quantitative estimate of drug-likeness (QED) is 0.864. The maximum Gasteiger partial charge on any atom is 0.255 e. The van der Waals surface area contributed by atoms with Crippen LogP contribution in [0.5, 0.6) is 11.5 Å². The maximum absolute atomic E-state index is 12.8. The normalized spacial score (nSPS) is 18.2. The van der Waals surface area contributed by atoms with E-state index in [0.717, 1.165) is 19.3 Å². The molecule has 1 saturated heterocycles. The number of hydrogen-bond acceptors (Lipinski definition) is 4. The van der Waals surface area contributed by atoms with E-state index >= 15 is 0 Å². The number of carbonyl (C=O) groups is 1. The van der Waals surface area contributed by atoms with Crippen LogP contribution in [-0.4, -0.2) is 48.8 Å². The van der Waals surface area contributed by atoms with Crippen LogP contribution in [0.3, 0.4) is 0 Å². The number of carbonyl (C=O) groups excluding carboxylic acids is 1. The number of hydrogen-bond donors (Lipinski definition) is 1. The molecule has 5 nitrogen and oxygen atoms in total. The molecule has 1 heterocycles. The highest BCUT2D eigenvalue weighted by Gasteiger charge is 2.29. The number of benzene rings is 1. The van der Waals surface area contributed by atoms with Crippen molar-refractivity contribution in [1.29, 1.82) is 0 Å². The first-order chi connectivity index (χ1) is 10.6. The van der Waals surface area contributed by atoms with Crippen molar-refractivity contribution >= 4 is 21.8 Å². The molecule has 6 heteroatoms. The Bertz CT molecular complexity index is 535. The maximum atomic E-state index is 12.8. The number of amides is 1. The number of rotatable bonds is 5. The van der Waals surface area contributed by atoms with Gasteiger partial charge in [-0.25, -0.2) is 0 Å². The van der Waals surface area contributed by atoms with Crippen molar-refractivity contribution in [3.05, 3.63) is 22.2 Å². The molecule has 1 aliphatic rings. The van der Waals surface area contributed by atoms with E-state index in [4.69, 9.17) is 9.47 Å². The third-order valence-electron chi connectivity index (χ3n) is 3.90. The van der Waals surface area contributed by atoms with Gasteiger partial charge in [-0.2, -0.15) is 0 Å². The van der Waals surface area contributed by atoms with Crippen LogP contribution in [0.25, 0.3) is 0 Å². The van der Waals surface area contributed by atoms with Crippen LogP contribution in [0.2, 0.25) is 0 Å². The fraction of sp³-hybridized carbons (Fsp3) is 0.562. The van der Waals surface area contributed by atoms with Crippen LogP contribution in [0.15, 0.2) is 16.6 Å². The SMILES string of the molecule is CCOc1c(OC)ccc(C(=O)N2CCCC[C@H]2CO)c1Br. The third-order valence-corrected chi connectivity index (χ3v) is 4.69. The van der Waals surface area contributed by atoms with Crippen molar-refractivity contribution in [3.8, 4) is 11.5 Å². The van der Waals surface area contributed by atoms with Gasteiger partial charge in [0, 0.05) is 6.54 Å². The molecule has 1 aromatic carbocycles. The second-order valence-corrected chi connectivity index (χ2v) is 6.02. The first kappa shape index (κ1) is 17.1. The second kappa shape index (κ2) is 7.83. The van der Waals surface area contributed by atoms with E-state index in [0.29, 0.717) is 34.7 Å². The number of aliphatic hydroxyl groups is 1. The molecule has 22 heavy (non-hydrogen) atoms. The molecule has 0 aromatic heterocycles.